The van der Waals surface area contributed by atoms with Gasteiger partial charge in [-0.1, -0.05) is 60.7 Å². The van der Waals surface area contributed by atoms with Crippen molar-refractivity contribution in [1.29, 1.82) is 0 Å². The maximum Gasteiger partial charge on any atom is 0.307 e. The molecule has 6 rings (SSSR count). The molecule has 1 amide bonds. The Morgan fingerprint density at radius 1 is 1.06 bits per heavy atom. The van der Waals surface area contributed by atoms with Gasteiger partial charge in [0.15, 0.2) is 5.54 Å². The number of hydrogen-bond donors (Lipinski definition) is 1. The molecule has 2 aromatic rings. The predicted molar refractivity (Wildman–Crippen MR) is 141 cm³/mol. The van der Waals surface area contributed by atoms with Crippen molar-refractivity contribution < 1.29 is 14.3 Å². The molecule has 1 saturated heterocycles. The molecule has 2 aromatic carbocycles. The van der Waals surface area contributed by atoms with Crippen molar-refractivity contribution >= 4 is 18.1 Å². The molecule has 6 heteroatoms. The zero-order valence-corrected chi connectivity index (χ0v) is 21.5. The van der Waals surface area contributed by atoms with E-state index in [1.165, 1.54) is 5.56 Å². The van der Waals surface area contributed by atoms with Crippen LogP contribution in [-0.4, -0.2) is 53.3 Å². The van der Waals surface area contributed by atoms with Gasteiger partial charge in [-0.05, 0) is 56.6 Å². The minimum Gasteiger partial charge on any atom is -0.460 e. The summed E-state index contributed by atoms with van der Waals surface area (Å²) < 4.78 is 5.58. The second-order valence-corrected chi connectivity index (χ2v) is 11.5. The van der Waals surface area contributed by atoms with Gasteiger partial charge in [0, 0.05) is 37.8 Å². The summed E-state index contributed by atoms with van der Waals surface area (Å²) in [4.78, 5) is 33.9. The van der Waals surface area contributed by atoms with Gasteiger partial charge >= 0.3 is 5.97 Å². The van der Waals surface area contributed by atoms with Gasteiger partial charge in [0.25, 0.3) is 0 Å². The summed E-state index contributed by atoms with van der Waals surface area (Å²) in [6.07, 6.45) is 4.22. The summed E-state index contributed by atoms with van der Waals surface area (Å²) in [7, 11) is 0. The number of aliphatic imine (C=N–C) groups is 1. The van der Waals surface area contributed by atoms with Gasteiger partial charge in [0.2, 0.25) is 5.91 Å². The highest BCUT2D eigenvalue weighted by atomic mass is 16.6. The molecule has 5 atom stereocenters. The fourth-order valence-corrected chi connectivity index (χ4v) is 6.52. The maximum atomic E-state index is 13.9. The topological polar surface area (TPSA) is 71.0 Å². The Kier molecular flexibility index (Phi) is 6.73. The summed E-state index contributed by atoms with van der Waals surface area (Å²) in [6.45, 7) is 7.53. The van der Waals surface area contributed by atoms with Gasteiger partial charge in [-0.3, -0.25) is 19.5 Å². The summed E-state index contributed by atoms with van der Waals surface area (Å²) in [5, 5.41) is 3.22. The number of benzene rings is 2. The van der Waals surface area contributed by atoms with Gasteiger partial charge < -0.3 is 10.1 Å². The number of esters is 1. The molecule has 2 fully saturated rings. The SMILES string of the molecule is CC(C)(C)OC(=O)CCN1C[C@@H]2C[C@H]3C=N[C@]2(C(=O)NCc2ccccc2)[C@@H]1[C@@H]3Cc1ccccc1. The third kappa shape index (κ3) is 4.83. The first kappa shape index (κ1) is 24.7. The van der Waals surface area contributed by atoms with Crippen LogP contribution in [0.1, 0.15) is 44.7 Å². The van der Waals surface area contributed by atoms with E-state index in [2.05, 4.69) is 40.7 Å². The molecule has 0 unspecified atom stereocenters. The van der Waals surface area contributed by atoms with Crippen molar-refractivity contribution in [2.45, 2.75) is 63.8 Å². The summed E-state index contributed by atoms with van der Waals surface area (Å²) in [5.74, 6) is 0.576. The summed E-state index contributed by atoms with van der Waals surface area (Å²) in [6, 6.07) is 20.5. The predicted octanol–water partition coefficient (Wildman–Crippen LogP) is 4.04. The molecular weight excluding hydrogens is 450 g/mol. The average Bonchev–Trinajstić information content (AvgIpc) is 3.12. The molecule has 3 heterocycles. The molecule has 36 heavy (non-hydrogen) atoms. The number of ether oxygens (including phenoxy) is 1. The van der Waals surface area contributed by atoms with Gasteiger partial charge in [0.1, 0.15) is 5.60 Å². The lowest BCUT2D eigenvalue weighted by molar-refractivity contribution is -0.155. The minimum atomic E-state index is -0.809. The fraction of sp³-hybridized carbons (Fsp3) is 0.500. The first-order chi connectivity index (χ1) is 17.3. The summed E-state index contributed by atoms with van der Waals surface area (Å²) in [5.41, 5.74) is 1.04. The lowest BCUT2D eigenvalue weighted by Gasteiger charge is -2.51. The van der Waals surface area contributed by atoms with Crippen LogP contribution in [0.3, 0.4) is 0 Å². The van der Waals surface area contributed by atoms with E-state index in [1.807, 2.05) is 57.2 Å². The van der Waals surface area contributed by atoms with Crippen LogP contribution < -0.4 is 5.32 Å². The Labute approximate surface area is 214 Å². The van der Waals surface area contributed by atoms with Crippen LogP contribution in [0.15, 0.2) is 65.7 Å². The number of carbonyl (C=O) groups is 2. The van der Waals surface area contributed by atoms with Crippen LogP contribution in [0.5, 0.6) is 0 Å². The Bertz CT molecular complexity index is 1110. The van der Waals surface area contributed by atoms with E-state index in [0.29, 0.717) is 25.4 Å². The highest BCUT2D eigenvalue weighted by Crippen LogP contribution is 2.54. The number of likely N-dealkylation sites (tertiary alicyclic amines) is 1. The molecule has 4 aliphatic rings. The first-order valence-corrected chi connectivity index (χ1v) is 13.1. The van der Waals surface area contributed by atoms with Gasteiger partial charge in [-0.15, -0.1) is 0 Å². The molecule has 1 saturated carbocycles. The molecule has 6 nitrogen and oxygen atoms in total. The maximum absolute atomic E-state index is 13.9. The van der Waals surface area contributed by atoms with Gasteiger partial charge in [-0.25, -0.2) is 0 Å². The van der Waals surface area contributed by atoms with E-state index in [0.717, 1.165) is 24.9 Å². The molecular formula is C30H37N3O3. The fourth-order valence-electron chi connectivity index (χ4n) is 6.52. The van der Waals surface area contributed by atoms with Gasteiger partial charge in [0.05, 0.1) is 6.42 Å². The third-order valence-electron chi connectivity index (χ3n) is 7.91. The second kappa shape index (κ2) is 9.81. The first-order valence-electron chi connectivity index (χ1n) is 13.1. The normalized spacial score (nSPS) is 28.8. The van der Waals surface area contributed by atoms with E-state index < -0.39 is 11.1 Å². The van der Waals surface area contributed by atoms with Crippen molar-refractivity contribution in [2.24, 2.45) is 22.7 Å². The largest absolute Gasteiger partial charge is 0.460 e. The lowest BCUT2D eigenvalue weighted by Crippen LogP contribution is -2.66. The number of carbonyl (C=O) groups excluding carboxylic acids is 2. The standard InChI is InChI=1S/C30H37N3O3/c1-29(2,3)36-26(34)14-15-33-20-24-17-23-19-32-30(24,28(35)31-18-22-12-8-5-9-13-22)27(33)25(23)16-21-10-6-4-7-11-21/h4-13,19,23-25,27H,14-18,20H2,1-3H3,(H,31,35)/t23-,24-,25+,27-,30-/m0/s1. The molecule has 4 bridgehead atoms. The van der Waals surface area contributed by atoms with Crippen molar-refractivity contribution in [2.75, 3.05) is 13.1 Å². The Morgan fingerprint density at radius 2 is 1.72 bits per heavy atom. The van der Waals surface area contributed by atoms with E-state index >= 15 is 0 Å². The molecule has 1 N–H and O–H groups in total. The third-order valence-corrected chi connectivity index (χ3v) is 7.91. The van der Waals surface area contributed by atoms with Crippen LogP contribution in [0.4, 0.5) is 0 Å². The van der Waals surface area contributed by atoms with Crippen LogP contribution in [0.25, 0.3) is 0 Å². The Morgan fingerprint density at radius 3 is 2.39 bits per heavy atom. The molecule has 1 aliphatic carbocycles. The van der Waals surface area contributed by atoms with Crippen molar-refractivity contribution in [3.8, 4) is 0 Å². The lowest BCUT2D eigenvalue weighted by atomic mass is 9.59. The van der Waals surface area contributed by atoms with E-state index in [-0.39, 0.29) is 29.8 Å². The number of rotatable bonds is 8. The molecule has 0 aromatic heterocycles. The zero-order chi connectivity index (χ0) is 25.3. The highest BCUT2D eigenvalue weighted by Gasteiger charge is 2.67. The number of amides is 1. The van der Waals surface area contributed by atoms with Gasteiger partial charge in [-0.2, -0.15) is 0 Å². The second-order valence-electron chi connectivity index (χ2n) is 11.5. The number of nitrogens with zero attached hydrogens (tertiary/aromatic N) is 2. The van der Waals surface area contributed by atoms with E-state index in [4.69, 9.17) is 9.73 Å². The monoisotopic (exact) mass is 487 g/mol. The van der Waals surface area contributed by atoms with Crippen LogP contribution >= 0.6 is 0 Å². The molecule has 0 radical (unpaired) electrons. The molecule has 3 aliphatic heterocycles. The van der Waals surface area contributed by atoms with Crippen molar-refractivity contribution in [1.82, 2.24) is 10.2 Å². The van der Waals surface area contributed by atoms with Crippen molar-refractivity contribution in [3.63, 3.8) is 0 Å². The van der Waals surface area contributed by atoms with E-state index in [9.17, 15) is 9.59 Å². The Hall–Kier alpha value is -2.99. The molecule has 0 spiro atoms. The number of nitrogens with one attached hydrogen (secondary N) is 1. The summed E-state index contributed by atoms with van der Waals surface area (Å²) >= 11 is 0. The van der Waals surface area contributed by atoms with E-state index in [1.54, 1.807) is 0 Å². The average molecular weight is 488 g/mol. The minimum absolute atomic E-state index is 0.00795. The van der Waals surface area contributed by atoms with Crippen molar-refractivity contribution in [3.05, 3.63) is 71.8 Å². The smallest absolute Gasteiger partial charge is 0.307 e. The van der Waals surface area contributed by atoms with Crippen LogP contribution in [0, 0.1) is 17.8 Å². The highest BCUT2D eigenvalue weighted by molar-refractivity contribution is 5.92. The quantitative estimate of drug-likeness (QED) is 0.571. The van der Waals surface area contributed by atoms with Crippen LogP contribution in [-0.2, 0) is 27.3 Å². The van der Waals surface area contributed by atoms with Crippen LogP contribution in [0.2, 0.25) is 0 Å². The Balaban J connectivity index is 1.40. The number of hydrogen-bond acceptors (Lipinski definition) is 5. The zero-order valence-electron chi connectivity index (χ0n) is 21.5. The molecule has 190 valence electrons.